The first-order valence-corrected chi connectivity index (χ1v) is 7.90. The van der Waals surface area contributed by atoms with Crippen LogP contribution in [0.25, 0.3) is 11.0 Å². The number of benzene rings is 1. The molecule has 0 radical (unpaired) electrons. The first-order valence-electron chi connectivity index (χ1n) is 7.90. The molecule has 0 bridgehead atoms. The van der Waals surface area contributed by atoms with Crippen molar-refractivity contribution in [3.05, 3.63) is 34.6 Å². The van der Waals surface area contributed by atoms with Gasteiger partial charge in [-0.3, -0.25) is 9.59 Å². The molecule has 2 aromatic rings. The van der Waals surface area contributed by atoms with E-state index in [0.717, 1.165) is 17.5 Å². The quantitative estimate of drug-likeness (QED) is 0.882. The van der Waals surface area contributed by atoms with E-state index in [1.165, 1.54) is 0 Å². The largest absolute Gasteiger partial charge is 0.358 e. The zero-order valence-electron chi connectivity index (χ0n) is 14.2. The van der Waals surface area contributed by atoms with Gasteiger partial charge in [-0.05, 0) is 25.5 Å². The van der Waals surface area contributed by atoms with Gasteiger partial charge >= 0.3 is 0 Å². The van der Waals surface area contributed by atoms with Crippen LogP contribution in [0, 0.1) is 0 Å². The molecular formula is C17H24N4O2. The highest BCUT2D eigenvalue weighted by molar-refractivity contribution is 5.78. The summed E-state index contributed by atoms with van der Waals surface area (Å²) in [5.74, 6) is 0.338. The average molecular weight is 316 g/mol. The maximum absolute atomic E-state index is 12.6. The first-order chi connectivity index (χ1) is 10.9. The van der Waals surface area contributed by atoms with E-state index >= 15 is 0 Å². The van der Waals surface area contributed by atoms with Gasteiger partial charge in [0.25, 0.3) is 5.56 Å². The Morgan fingerprint density at radius 1 is 1.35 bits per heavy atom. The summed E-state index contributed by atoms with van der Waals surface area (Å²) in [4.78, 5) is 30.8. The van der Waals surface area contributed by atoms with Gasteiger partial charge in [-0.15, -0.1) is 0 Å². The minimum absolute atomic E-state index is 0.0430. The molecule has 2 rings (SSSR count). The van der Waals surface area contributed by atoms with E-state index in [1.54, 1.807) is 23.6 Å². The van der Waals surface area contributed by atoms with Crippen molar-refractivity contribution in [3.8, 4) is 0 Å². The number of carbonyl (C=O) groups is 1. The topological polar surface area (TPSA) is 67.2 Å². The summed E-state index contributed by atoms with van der Waals surface area (Å²) in [6.07, 6.45) is 1.15. The van der Waals surface area contributed by atoms with Gasteiger partial charge in [0, 0.05) is 33.1 Å². The minimum Gasteiger partial charge on any atom is -0.358 e. The van der Waals surface area contributed by atoms with Crippen molar-refractivity contribution in [1.82, 2.24) is 14.9 Å². The molecule has 6 heteroatoms. The molecule has 1 unspecified atom stereocenters. The molecule has 1 atom stereocenters. The number of carbonyl (C=O) groups excluding carboxylic acids is 1. The van der Waals surface area contributed by atoms with Crippen molar-refractivity contribution >= 4 is 22.8 Å². The number of nitrogens with zero attached hydrogens (tertiary/aromatic N) is 3. The molecule has 1 amide bonds. The summed E-state index contributed by atoms with van der Waals surface area (Å²) < 4.78 is 1.63. The number of fused-ring (bicyclic) bond motifs is 1. The number of nitrogens with one attached hydrogen (secondary N) is 1. The fourth-order valence-corrected chi connectivity index (χ4v) is 2.35. The molecule has 1 aromatic heterocycles. The minimum atomic E-state index is -0.176. The fourth-order valence-electron chi connectivity index (χ4n) is 2.35. The van der Waals surface area contributed by atoms with Crippen LogP contribution in [0.4, 0.5) is 5.82 Å². The van der Waals surface area contributed by atoms with E-state index in [9.17, 15) is 9.59 Å². The zero-order valence-corrected chi connectivity index (χ0v) is 14.2. The van der Waals surface area contributed by atoms with Crippen molar-refractivity contribution in [3.63, 3.8) is 0 Å². The lowest BCUT2D eigenvalue weighted by Gasteiger charge is -2.16. The fraction of sp³-hybridized carbons (Fsp3) is 0.471. The summed E-state index contributed by atoms with van der Waals surface area (Å²) in [5.41, 5.74) is 1.32. The third-order valence-electron chi connectivity index (χ3n) is 3.84. The van der Waals surface area contributed by atoms with Crippen molar-refractivity contribution in [1.29, 1.82) is 0 Å². The van der Waals surface area contributed by atoms with Crippen LogP contribution in [0.3, 0.4) is 0 Å². The molecule has 0 fully saturated rings. The molecule has 6 nitrogen and oxygen atoms in total. The van der Waals surface area contributed by atoms with Gasteiger partial charge in [-0.1, -0.05) is 19.1 Å². The second-order valence-electron chi connectivity index (χ2n) is 5.90. The predicted octanol–water partition coefficient (Wildman–Crippen LogP) is 1.77. The van der Waals surface area contributed by atoms with Crippen LogP contribution in [0.1, 0.15) is 26.7 Å². The highest BCUT2D eigenvalue weighted by Gasteiger charge is 2.13. The van der Waals surface area contributed by atoms with Gasteiger partial charge in [0.05, 0.1) is 11.0 Å². The second-order valence-corrected chi connectivity index (χ2v) is 5.90. The molecule has 23 heavy (non-hydrogen) atoms. The Labute approximate surface area is 136 Å². The molecule has 0 saturated carbocycles. The van der Waals surface area contributed by atoms with Crippen molar-refractivity contribution in [2.24, 2.45) is 0 Å². The Kier molecular flexibility index (Phi) is 5.36. The second kappa shape index (κ2) is 7.26. The van der Waals surface area contributed by atoms with Gasteiger partial charge in [0.2, 0.25) is 5.91 Å². The highest BCUT2D eigenvalue weighted by Crippen LogP contribution is 2.13. The van der Waals surface area contributed by atoms with E-state index < -0.39 is 0 Å². The third-order valence-corrected chi connectivity index (χ3v) is 3.84. The maximum atomic E-state index is 12.6. The number of anilines is 1. The number of aromatic nitrogens is 2. The zero-order chi connectivity index (χ0) is 17.0. The summed E-state index contributed by atoms with van der Waals surface area (Å²) in [6.45, 7) is 4.33. The lowest BCUT2D eigenvalue weighted by Crippen LogP contribution is -2.34. The summed E-state index contributed by atoms with van der Waals surface area (Å²) in [7, 11) is 3.58. The molecule has 0 spiro atoms. The molecule has 1 heterocycles. The molecule has 0 saturated heterocycles. The third kappa shape index (κ3) is 3.88. The van der Waals surface area contributed by atoms with Gasteiger partial charge in [0.1, 0.15) is 0 Å². The number of rotatable bonds is 6. The SMILES string of the molecule is CCC(C)NC(=O)CCn1c(=O)c(N(C)C)nc2ccccc21. The van der Waals surface area contributed by atoms with Gasteiger partial charge in [-0.25, -0.2) is 4.98 Å². The van der Waals surface area contributed by atoms with Gasteiger partial charge < -0.3 is 14.8 Å². The van der Waals surface area contributed by atoms with Crippen molar-refractivity contribution in [2.45, 2.75) is 39.3 Å². The molecule has 1 N–H and O–H groups in total. The van der Waals surface area contributed by atoms with Crippen LogP contribution in [0.5, 0.6) is 0 Å². The molecule has 0 aliphatic rings. The molecule has 0 aliphatic carbocycles. The van der Waals surface area contributed by atoms with E-state index in [-0.39, 0.29) is 23.9 Å². The van der Waals surface area contributed by atoms with Crippen LogP contribution < -0.4 is 15.8 Å². The Morgan fingerprint density at radius 2 is 2.04 bits per heavy atom. The number of hydrogen-bond acceptors (Lipinski definition) is 4. The molecule has 0 aliphatic heterocycles. The van der Waals surface area contributed by atoms with E-state index in [1.807, 2.05) is 38.1 Å². The lowest BCUT2D eigenvalue weighted by molar-refractivity contribution is -0.121. The van der Waals surface area contributed by atoms with Crippen LogP contribution in [0.2, 0.25) is 0 Å². The molecule has 124 valence electrons. The Morgan fingerprint density at radius 3 is 2.70 bits per heavy atom. The summed E-state index contributed by atoms with van der Waals surface area (Å²) in [6, 6.07) is 7.63. The number of hydrogen-bond donors (Lipinski definition) is 1. The standard InChI is InChI=1S/C17H24N4O2/c1-5-12(2)18-15(22)10-11-21-14-9-7-6-8-13(14)19-16(17(21)23)20(3)4/h6-9,12H,5,10-11H2,1-4H3,(H,18,22). The average Bonchev–Trinajstić information content (AvgIpc) is 2.53. The van der Waals surface area contributed by atoms with Crippen LogP contribution in [0.15, 0.2) is 29.1 Å². The van der Waals surface area contributed by atoms with Gasteiger partial charge in [-0.2, -0.15) is 0 Å². The Balaban J connectivity index is 2.33. The summed E-state index contributed by atoms with van der Waals surface area (Å²) in [5, 5.41) is 2.92. The van der Waals surface area contributed by atoms with E-state index in [0.29, 0.717) is 12.4 Å². The normalized spacial score (nSPS) is 12.2. The Hall–Kier alpha value is -2.37. The highest BCUT2D eigenvalue weighted by atomic mass is 16.2. The van der Waals surface area contributed by atoms with E-state index in [2.05, 4.69) is 10.3 Å². The lowest BCUT2D eigenvalue weighted by atomic mass is 10.2. The van der Waals surface area contributed by atoms with Crippen LogP contribution in [-0.4, -0.2) is 35.6 Å². The van der Waals surface area contributed by atoms with Crippen LogP contribution >= 0.6 is 0 Å². The molecular weight excluding hydrogens is 292 g/mol. The maximum Gasteiger partial charge on any atom is 0.293 e. The van der Waals surface area contributed by atoms with Crippen molar-refractivity contribution < 1.29 is 4.79 Å². The van der Waals surface area contributed by atoms with Gasteiger partial charge in [0.15, 0.2) is 5.82 Å². The monoisotopic (exact) mass is 316 g/mol. The predicted molar refractivity (Wildman–Crippen MR) is 92.8 cm³/mol. The number of amides is 1. The summed E-state index contributed by atoms with van der Waals surface area (Å²) >= 11 is 0. The number of aryl methyl sites for hydroxylation is 1. The van der Waals surface area contributed by atoms with Crippen LogP contribution in [-0.2, 0) is 11.3 Å². The van der Waals surface area contributed by atoms with E-state index in [4.69, 9.17) is 0 Å². The first kappa shape index (κ1) is 17.0. The Bertz CT molecular complexity index is 752. The smallest absolute Gasteiger partial charge is 0.293 e. The van der Waals surface area contributed by atoms with Crippen molar-refractivity contribution in [2.75, 3.05) is 19.0 Å². The molecule has 1 aromatic carbocycles. The number of para-hydroxylation sites is 2.